The zero-order valence-electron chi connectivity index (χ0n) is 11.6. The van der Waals surface area contributed by atoms with Crippen molar-refractivity contribution in [1.29, 1.82) is 0 Å². The number of pyridine rings is 1. The summed E-state index contributed by atoms with van der Waals surface area (Å²) >= 11 is 0. The van der Waals surface area contributed by atoms with Crippen LogP contribution in [0.1, 0.15) is 5.56 Å². The van der Waals surface area contributed by atoms with E-state index in [9.17, 15) is 0 Å². The van der Waals surface area contributed by atoms with Gasteiger partial charge in [0.05, 0.1) is 5.52 Å². The number of nitrogens with zero attached hydrogens (tertiary/aromatic N) is 1. The van der Waals surface area contributed by atoms with E-state index in [2.05, 4.69) is 29.2 Å². The summed E-state index contributed by atoms with van der Waals surface area (Å²) in [6.45, 7) is 0. The average molecular weight is 277 g/mol. The topological polar surface area (TPSA) is 40.6 Å². The highest BCUT2D eigenvalue weighted by Gasteiger charge is 2.37. The first-order valence-corrected chi connectivity index (χ1v) is 8.15. The van der Waals surface area contributed by atoms with Gasteiger partial charge in [0, 0.05) is 39.0 Å². The SMILES string of the molecule is CO[Si](CCc1ccc2cccnc2c1)(OC)OC. The molecule has 0 fully saturated rings. The largest absolute Gasteiger partial charge is 0.500 e. The van der Waals surface area contributed by atoms with Crippen LogP contribution in [0.4, 0.5) is 0 Å². The lowest BCUT2D eigenvalue weighted by atomic mass is 10.1. The van der Waals surface area contributed by atoms with Crippen molar-refractivity contribution >= 4 is 19.7 Å². The van der Waals surface area contributed by atoms with Crippen LogP contribution in [-0.4, -0.2) is 35.1 Å². The van der Waals surface area contributed by atoms with E-state index in [0.29, 0.717) is 0 Å². The lowest BCUT2D eigenvalue weighted by Gasteiger charge is -2.24. The van der Waals surface area contributed by atoms with Crippen molar-refractivity contribution in [3.8, 4) is 0 Å². The first-order valence-electron chi connectivity index (χ1n) is 6.22. The maximum absolute atomic E-state index is 5.42. The molecule has 0 atom stereocenters. The number of aryl methyl sites for hydroxylation is 1. The van der Waals surface area contributed by atoms with E-state index in [0.717, 1.165) is 23.4 Å². The monoisotopic (exact) mass is 277 g/mol. The maximum atomic E-state index is 5.42. The predicted octanol–water partition coefficient (Wildman–Crippen LogP) is 2.66. The number of hydrogen-bond donors (Lipinski definition) is 0. The Labute approximate surface area is 114 Å². The number of rotatable bonds is 6. The molecule has 0 bridgehead atoms. The minimum atomic E-state index is -2.49. The van der Waals surface area contributed by atoms with Crippen molar-refractivity contribution in [3.63, 3.8) is 0 Å². The van der Waals surface area contributed by atoms with Gasteiger partial charge in [-0.1, -0.05) is 18.2 Å². The summed E-state index contributed by atoms with van der Waals surface area (Å²) < 4.78 is 16.3. The van der Waals surface area contributed by atoms with E-state index >= 15 is 0 Å². The summed E-state index contributed by atoms with van der Waals surface area (Å²) in [5.74, 6) is 0. The van der Waals surface area contributed by atoms with E-state index < -0.39 is 8.80 Å². The van der Waals surface area contributed by atoms with Crippen LogP contribution in [0.25, 0.3) is 10.9 Å². The van der Waals surface area contributed by atoms with Gasteiger partial charge in [0.1, 0.15) is 0 Å². The molecule has 1 aromatic heterocycles. The Morgan fingerprint density at radius 1 is 1.05 bits per heavy atom. The third-order valence-electron chi connectivity index (χ3n) is 3.32. The molecule has 0 unspecified atom stereocenters. The van der Waals surface area contributed by atoms with Crippen LogP contribution in [0, 0.1) is 0 Å². The molecule has 102 valence electrons. The van der Waals surface area contributed by atoms with E-state index in [4.69, 9.17) is 13.3 Å². The first-order chi connectivity index (χ1) is 9.23. The molecule has 0 aliphatic carbocycles. The summed E-state index contributed by atoms with van der Waals surface area (Å²) in [6.07, 6.45) is 2.67. The molecule has 0 radical (unpaired) electrons. The highest BCUT2D eigenvalue weighted by molar-refractivity contribution is 6.60. The second kappa shape index (κ2) is 6.25. The Bertz CT molecular complexity index is 535. The molecular weight excluding hydrogens is 258 g/mol. The second-order valence-electron chi connectivity index (χ2n) is 4.33. The fraction of sp³-hybridized carbons (Fsp3) is 0.357. The molecule has 2 aromatic rings. The summed E-state index contributed by atoms with van der Waals surface area (Å²) in [6, 6.07) is 11.1. The summed E-state index contributed by atoms with van der Waals surface area (Å²) in [4.78, 5) is 4.36. The summed E-state index contributed by atoms with van der Waals surface area (Å²) in [5, 5.41) is 1.15. The number of fused-ring (bicyclic) bond motifs is 1. The fourth-order valence-corrected chi connectivity index (χ4v) is 3.83. The van der Waals surface area contributed by atoms with E-state index in [-0.39, 0.29) is 0 Å². The molecule has 4 nitrogen and oxygen atoms in total. The first kappa shape index (κ1) is 14.1. The van der Waals surface area contributed by atoms with Crippen LogP contribution >= 0.6 is 0 Å². The number of hydrogen-bond acceptors (Lipinski definition) is 4. The summed E-state index contributed by atoms with van der Waals surface area (Å²) in [7, 11) is 2.43. The highest BCUT2D eigenvalue weighted by atomic mass is 28.4. The van der Waals surface area contributed by atoms with E-state index in [1.54, 1.807) is 21.3 Å². The molecule has 0 saturated carbocycles. The van der Waals surface area contributed by atoms with Crippen LogP contribution in [0.2, 0.25) is 6.04 Å². The lowest BCUT2D eigenvalue weighted by molar-refractivity contribution is 0.123. The third-order valence-corrected chi connectivity index (χ3v) is 6.05. The average Bonchev–Trinajstić information content (AvgIpc) is 2.49. The number of benzene rings is 1. The van der Waals surface area contributed by atoms with Crippen molar-refractivity contribution < 1.29 is 13.3 Å². The highest BCUT2D eigenvalue weighted by Crippen LogP contribution is 2.19. The Balaban J connectivity index is 2.13. The normalized spacial score (nSPS) is 11.9. The van der Waals surface area contributed by atoms with Gasteiger partial charge in [-0.05, 0) is 24.1 Å². The van der Waals surface area contributed by atoms with Gasteiger partial charge in [0.15, 0.2) is 0 Å². The van der Waals surface area contributed by atoms with Crippen molar-refractivity contribution in [3.05, 3.63) is 42.1 Å². The zero-order valence-corrected chi connectivity index (χ0v) is 12.6. The molecule has 0 amide bonds. The maximum Gasteiger partial charge on any atom is 0.500 e. The van der Waals surface area contributed by atoms with Crippen LogP contribution in [0.3, 0.4) is 0 Å². The van der Waals surface area contributed by atoms with Crippen LogP contribution in [-0.2, 0) is 19.7 Å². The minimum absolute atomic E-state index is 0.759. The smallest absolute Gasteiger partial charge is 0.377 e. The Morgan fingerprint density at radius 3 is 2.47 bits per heavy atom. The van der Waals surface area contributed by atoms with Crippen molar-refractivity contribution in [2.45, 2.75) is 12.5 Å². The Morgan fingerprint density at radius 2 is 1.79 bits per heavy atom. The van der Waals surface area contributed by atoms with E-state index in [1.165, 1.54) is 5.56 Å². The Kier molecular flexibility index (Phi) is 4.65. The van der Waals surface area contributed by atoms with Crippen molar-refractivity contribution in [2.24, 2.45) is 0 Å². The van der Waals surface area contributed by atoms with Gasteiger partial charge in [0.25, 0.3) is 0 Å². The molecule has 19 heavy (non-hydrogen) atoms. The predicted molar refractivity (Wildman–Crippen MR) is 77.0 cm³/mol. The summed E-state index contributed by atoms with van der Waals surface area (Å²) in [5.41, 5.74) is 2.23. The third kappa shape index (κ3) is 3.19. The van der Waals surface area contributed by atoms with Gasteiger partial charge in [0.2, 0.25) is 0 Å². The molecule has 0 aliphatic heterocycles. The van der Waals surface area contributed by atoms with Gasteiger partial charge in [-0.25, -0.2) is 0 Å². The Hall–Kier alpha value is -1.27. The van der Waals surface area contributed by atoms with Gasteiger partial charge >= 0.3 is 8.80 Å². The molecular formula is C14H19NO3Si. The molecule has 0 spiro atoms. The fourth-order valence-electron chi connectivity index (χ4n) is 2.12. The minimum Gasteiger partial charge on any atom is -0.377 e. The molecule has 2 rings (SSSR count). The van der Waals surface area contributed by atoms with E-state index in [1.807, 2.05) is 12.3 Å². The molecule has 5 heteroatoms. The van der Waals surface area contributed by atoms with Gasteiger partial charge in [-0.15, -0.1) is 0 Å². The van der Waals surface area contributed by atoms with Crippen LogP contribution < -0.4 is 0 Å². The second-order valence-corrected chi connectivity index (χ2v) is 7.42. The molecule has 0 aliphatic rings. The molecule has 0 N–H and O–H groups in total. The lowest BCUT2D eigenvalue weighted by Crippen LogP contribution is -2.43. The van der Waals surface area contributed by atoms with Gasteiger partial charge in [-0.2, -0.15) is 0 Å². The zero-order chi connectivity index (χ0) is 13.7. The molecule has 1 heterocycles. The van der Waals surface area contributed by atoms with Crippen LogP contribution in [0.5, 0.6) is 0 Å². The van der Waals surface area contributed by atoms with Gasteiger partial charge in [-0.3, -0.25) is 4.98 Å². The molecule has 1 aromatic carbocycles. The van der Waals surface area contributed by atoms with Gasteiger partial charge < -0.3 is 13.3 Å². The van der Waals surface area contributed by atoms with Crippen LogP contribution in [0.15, 0.2) is 36.5 Å². The standard InChI is InChI=1S/C14H19NO3Si/c1-16-19(17-2,18-3)10-8-12-6-7-13-5-4-9-15-14(13)11-12/h4-7,9,11H,8,10H2,1-3H3. The quantitative estimate of drug-likeness (QED) is 0.761. The van der Waals surface area contributed by atoms with Crippen molar-refractivity contribution in [2.75, 3.05) is 21.3 Å². The number of aromatic nitrogens is 1. The molecule has 0 saturated heterocycles. The van der Waals surface area contributed by atoms with Crippen molar-refractivity contribution in [1.82, 2.24) is 4.98 Å².